The standard InChI is InChI=1S/C13H25NO3S/c1-5-18-10-13(16)6-8-14(9-7-13)11(15)17-12(2,3)4/h16H,5-10H2,1-4H3. The Labute approximate surface area is 114 Å². The Morgan fingerprint density at radius 3 is 2.39 bits per heavy atom. The van der Waals surface area contributed by atoms with Crippen LogP contribution in [0, 0.1) is 0 Å². The van der Waals surface area contributed by atoms with Gasteiger partial charge in [-0.2, -0.15) is 11.8 Å². The van der Waals surface area contributed by atoms with E-state index in [4.69, 9.17) is 4.74 Å². The molecule has 5 heteroatoms. The Bertz CT molecular complexity index is 280. The van der Waals surface area contributed by atoms with E-state index in [0.717, 1.165) is 11.5 Å². The van der Waals surface area contributed by atoms with E-state index in [2.05, 4.69) is 6.92 Å². The number of rotatable bonds is 3. The van der Waals surface area contributed by atoms with Crippen LogP contribution in [0.4, 0.5) is 4.79 Å². The lowest BCUT2D eigenvalue weighted by Gasteiger charge is -2.38. The summed E-state index contributed by atoms with van der Waals surface area (Å²) in [5.74, 6) is 1.77. The molecule has 0 radical (unpaired) electrons. The summed E-state index contributed by atoms with van der Waals surface area (Å²) in [6, 6.07) is 0. The first-order valence-corrected chi connectivity index (χ1v) is 7.69. The van der Waals surface area contributed by atoms with E-state index in [1.165, 1.54) is 0 Å². The minimum absolute atomic E-state index is 0.271. The smallest absolute Gasteiger partial charge is 0.410 e. The molecule has 1 amide bonds. The molecule has 1 aliphatic rings. The van der Waals surface area contributed by atoms with E-state index < -0.39 is 11.2 Å². The van der Waals surface area contributed by atoms with E-state index in [1.54, 1.807) is 16.7 Å². The third kappa shape index (κ3) is 5.06. The van der Waals surface area contributed by atoms with Crippen molar-refractivity contribution in [3.05, 3.63) is 0 Å². The summed E-state index contributed by atoms with van der Waals surface area (Å²) < 4.78 is 5.33. The van der Waals surface area contributed by atoms with Crippen LogP contribution in [-0.4, -0.2) is 51.9 Å². The van der Waals surface area contributed by atoms with Gasteiger partial charge in [-0.1, -0.05) is 6.92 Å². The molecule has 0 unspecified atom stereocenters. The van der Waals surface area contributed by atoms with Crippen LogP contribution in [-0.2, 0) is 4.74 Å². The Morgan fingerprint density at radius 1 is 1.39 bits per heavy atom. The zero-order valence-corrected chi connectivity index (χ0v) is 12.7. The van der Waals surface area contributed by atoms with Crippen molar-refractivity contribution in [2.45, 2.75) is 51.7 Å². The summed E-state index contributed by atoms with van der Waals surface area (Å²) in [4.78, 5) is 13.5. The topological polar surface area (TPSA) is 49.8 Å². The first-order valence-electron chi connectivity index (χ1n) is 6.54. The molecule has 0 bridgehead atoms. The van der Waals surface area contributed by atoms with Crippen molar-refractivity contribution in [1.82, 2.24) is 4.90 Å². The first kappa shape index (κ1) is 15.6. The average molecular weight is 275 g/mol. The second-order valence-corrected chi connectivity index (χ2v) is 7.10. The lowest BCUT2D eigenvalue weighted by atomic mass is 9.94. The molecule has 1 heterocycles. The quantitative estimate of drug-likeness (QED) is 0.860. The fourth-order valence-corrected chi connectivity index (χ4v) is 2.74. The summed E-state index contributed by atoms with van der Waals surface area (Å²) in [5, 5.41) is 10.3. The summed E-state index contributed by atoms with van der Waals surface area (Å²) >= 11 is 1.75. The van der Waals surface area contributed by atoms with Gasteiger partial charge >= 0.3 is 6.09 Å². The number of aliphatic hydroxyl groups is 1. The van der Waals surface area contributed by atoms with Crippen molar-refractivity contribution in [3.8, 4) is 0 Å². The second kappa shape index (κ2) is 6.15. The Balaban J connectivity index is 2.41. The van der Waals surface area contributed by atoms with Crippen molar-refractivity contribution in [3.63, 3.8) is 0 Å². The number of thioether (sulfide) groups is 1. The van der Waals surface area contributed by atoms with Crippen LogP contribution < -0.4 is 0 Å². The van der Waals surface area contributed by atoms with Gasteiger partial charge in [0.15, 0.2) is 0 Å². The Hall–Kier alpha value is -0.420. The largest absolute Gasteiger partial charge is 0.444 e. The number of likely N-dealkylation sites (tertiary alicyclic amines) is 1. The van der Waals surface area contributed by atoms with Gasteiger partial charge in [0, 0.05) is 18.8 Å². The SMILES string of the molecule is CCSCC1(O)CCN(C(=O)OC(C)(C)C)CC1. The van der Waals surface area contributed by atoms with Crippen molar-refractivity contribution < 1.29 is 14.6 Å². The molecular weight excluding hydrogens is 250 g/mol. The van der Waals surface area contributed by atoms with Gasteiger partial charge in [-0.3, -0.25) is 0 Å². The fourth-order valence-electron chi connectivity index (χ4n) is 1.87. The molecule has 0 atom stereocenters. The Kier molecular flexibility index (Phi) is 5.34. The number of carbonyl (C=O) groups excluding carboxylic acids is 1. The molecule has 0 aliphatic carbocycles. The highest BCUT2D eigenvalue weighted by Crippen LogP contribution is 2.27. The van der Waals surface area contributed by atoms with Gasteiger partial charge in [-0.15, -0.1) is 0 Å². The average Bonchev–Trinajstić information content (AvgIpc) is 2.25. The highest BCUT2D eigenvalue weighted by atomic mass is 32.2. The van der Waals surface area contributed by atoms with Crippen LogP contribution in [0.1, 0.15) is 40.5 Å². The molecule has 0 aromatic carbocycles. The van der Waals surface area contributed by atoms with Gasteiger partial charge in [0.25, 0.3) is 0 Å². The van der Waals surface area contributed by atoms with E-state index in [9.17, 15) is 9.90 Å². The number of hydrogen-bond acceptors (Lipinski definition) is 4. The molecule has 1 rings (SSSR count). The van der Waals surface area contributed by atoms with Crippen LogP contribution >= 0.6 is 11.8 Å². The van der Waals surface area contributed by atoms with Crippen molar-refractivity contribution >= 4 is 17.9 Å². The van der Waals surface area contributed by atoms with Crippen LogP contribution in [0.2, 0.25) is 0 Å². The third-order valence-corrected chi connectivity index (χ3v) is 4.07. The molecule has 0 spiro atoms. The van der Waals surface area contributed by atoms with Crippen molar-refractivity contribution in [2.24, 2.45) is 0 Å². The van der Waals surface area contributed by atoms with Crippen LogP contribution in [0.5, 0.6) is 0 Å². The van der Waals surface area contributed by atoms with Crippen LogP contribution in [0.15, 0.2) is 0 Å². The zero-order valence-electron chi connectivity index (χ0n) is 11.9. The minimum Gasteiger partial charge on any atom is -0.444 e. The molecule has 18 heavy (non-hydrogen) atoms. The van der Waals surface area contributed by atoms with Gasteiger partial charge in [-0.05, 0) is 39.4 Å². The maximum absolute atomic E-state index is 11.9. The van der Waals surface area contributed by atoms with Crippen molar-refractivity contribution in [2.75, 3.05) is 24.6 Å². The van der Waals surface area contributed by atoms with Gasteiger partial charge < -0.3 is 14.7 Å². The molecule has 106 valence electrons. The summed E-state index contributed by atoms with van der Waals surface area (Å²) in [6.07, 6.45) is 1.01. The number of nitrogens with zero attached hydrogens (tertiary/aromatic N) is 1. The van der Waals surface area contributed by atoms with E-state index in [1.807, 2.05) is 20.8 Å². The second-order valence-electron chi connectivity index (χ2n) is 5.83. The molecular formula is C13H25NO3S. The zero-order chi connectivity index (χ0) is 13.8. The predicted octanol–water partition coefficient (Wildman–Crippen LogP) is 2.50. The minimum atomic E-state index is -0.612. The van der Waals surface area contributed by atoms with Gasteiger partial charge in [0.2, 0.25) is 0 Å². The maximum atomic E-state index is 11.9. The molecule has 1 fully saturated rings. The lowest BCUT2D eigenvalue weighted by Crippen LogP contribution is -2.49. The molecule has 0 aromatic heterocycles. The number of ether oxygens (including phenoxy) is 1. The van der Waals surface area contributed by atoms with E-state index >= 15 is 0 Å². The highest BCUT2D eigenvalue weighted by Gasteiger charge is 2.35. The van der Waals surface area contributed by atoms with Gasteiger partial charge in [0.05, 0.1) is 5.60 Å². The normalized spacial score (nSPS) is 19.7. The fraction of sp³-hybridized carbons (Fsp3) is 0.923. The Morgan fingerprint density at radius 2 is 1.94 bits per heavy atom. The van der Waals surface area contributed by atoms with Crippen LogP contribution in [0.3, 0.4) is 0 Å². The summed E-state index contributed by atoms with van der Waals surface area (Å²) in [6.45, 7) is 8.84. The number of amides is 1. The van der Waals surface area contributed by atoms with Gasteiger partial charge in [-0.25, -0.2) is 4.79 Å². The van der Waals surface area contributed by atoms with E-state index in [-0.39, 0.29) is 6.09 Å². The first-order chi connectivity index (χ1) is 8.26. The van der Waals surface area contributed by atoms with Crippen molar-refractivity contribution in [1.29, 1.82) is 0 Å². The number of piperidine rings is 1. The number of carbonyl (C=O) groups is 1. The molecule has 0 aromatic rings. The number of hydrogen-bond donors (Lipinski definition) is 1. The molecule has 1 N–H and O–H groups in total. The third-order valence-electron chi connectivity index (χ3n) is 2.92. The van der Waals surface area contributed by atoms with E-state index in [0.29, 0.717) is 25.9 Å². The monoisotopic (exact) mass is 275 g/mol. The predicted molar refractivity (Wildman–Crippen MR) is 75.0 cm³/mol. The maximum Gasteiger partial charge on any atom is 0.410 e. The highest BCUT2D eigenvalue weighted by molar-refractivity contribution is 7.99. The molecule has 1 aliphatic heterocycles. The van der Waals surface area contributed by atoms with Crippen LogP contribution in [0.25, 0.3) is 0 Å². The van der Waals surface area contributed by atoms with Gasteiger partial charge in [0.1, 0.15) is 5.60 Å². The molecule has 1 saturated heterocycles. The summed E-state index contributed by atoms with van der Waals surface area (Å²) in [7, 11) is 0. The summed E-state index contributed by atoms with van der Waals surface area (Å²) in [5.41, 5.74) is -1.07. The molecule has 0 saturated carbocycles. The lowest BCUT2D eigenvalue weighted by molar-refractivity contribution is -0.0190. The molecule has 4 nitrogen and oxygen atoms in total.